The molecule has 0 saturated heterocycles. The van der Waals surface area contributed by atoms with E-state index in [-0.39, 0.29) is 6.54 Å². The molecule has 0 aromatic heterocycles. The highest BCUT2D eigenvalue weighted by atomic mass is 16.4. The summed E-state index contributed by atoms with van der Waals surface area (Å²) in [7, 11) is 0. The van der Waals surface area contributed by atoms with Crippen molar-refractivity contribution in [2.75, 3.05) is 6.54 Å². The number of nitrogens with one attached hydrogen (secondary N) is 1. The third-order valence-electron chi connectivity index (χ3n) is 2.77. The fraction of sp³-hybridized carbons (Fsp3) is 0.308. The molecule has 20 heavy (non-hydrogen) atoms. The van der Waals surface area contributed by atoms with Crippen LogP contribution >= 0.6 is 0 Å². The maximum atomic E-state index is 12.1. The van der Waals surface area contributed by atoms with Crippen molar-refractivity contribution < 1.29 is 19.5 Å². The molecular weight excluding hydrogens is 262 g/mol. The van der Waals surface area contributed by atoms with Crippen LogP contribution in [0, 0.1) is 0 Å². The van der Waals surface area contributed by atoms with Crippen molar-refractivity contribution in [2.24, 2.45) is 11.5 Å². The zero-order valence-electron chi connectivity index (χ0n) is 10.8. The summed E-state index contributed by atoms with van der Waals surface area (Å²) in [5.74, 6) is -3.35. The molecule has 0 aliphatic carbocycles. The summed E-state index contributed by atoms with van der Waals surface area (Å²) in [6, 6.07) is 7.40. The molecule has 2 unspecified atom stereocenters. The zero-order valence-corrected chi connectivity index (χ0v) is 10.8. The molecule has 7 nitrogen and oxygen atoms in total. The minimum absolute atomic E-state index is 0.0265. The molecule has 0 radical (unpaired) electrons. The Bertz CT molecular complexity index is 490. The number of primary amides is 1. The van der Waals surface area contributed by atoms with Crippen LogP contribution in [0.5, 0.6) is 0 Å². The van der Waals surface area contributed by atoms with Crippen LogP contribution in [-0.4, -0.2) is 35.5 Å². The van der Waals surface area contributed by atoms with Crippen LogP contribution in [-0.2, 0) is 14.4 Å². The molecule has 0 aliphatic heterocycles. The van der Waals surface area contributed by atoms with Gasteiger partial charge in [0.1, 0.15) is 6.04 Å². The van der Waals surface area contributed by atoms with Gasteiger partial charge >= 0.3 is 5.97 Å². The summed E-state index contributed by atoms with van der Waals surface area (Å²) in [5.41, 5.74) is 11.2. The Hall–Kier alpha value is -2.41. The van der Waals surface area contributed by atoms with Gasteiger partial charge in [0.15, 0.2) is 0 Å². The second kappa shape index (κ2) is 7.25. The zero-order chi connectivity index (χ0) is 15.1. The number of hydrogen-bond donors (Lipinski definition) is 4. The van der Waals surface area contributed by atoms with Gasteiger partial charge in [0.2, 0.25) is 11.8 Å². The van der Waals surface area contributed by atoms with Crippen molar-refractivity contribution in [3.63, 3.8) is 0 Å². The second-order valence-electron chi connectivity index (χ2n) is 4.27. The molecule has 2 atom stereocenters. The number of carboxylic acids is 1. The lowest BCUT2D eigenvalue weighted by atomic mass is 9.98. The number of nitrogens with two attached hydrogens (primary N) is 2. The molecule has 108 valence electrons. The van der Waals surface area contributed by atoms with Gasteiger partial charge in [-0.1, -0.05) is 30.3 Å². The van der Waals surface area contributed by atoms with Crippen molar-refractivity contribution in [3.8, 4) is 0 Å². The van der Waals surface area contributed by atoms with Crippen molar-refractivity contribution >= 4 is 17.8 Å². The Labute approximate surface area is 115 Å². The van der Waals surface area contributed by atoms with Gasteiger partial charge in [0, 0.05) is 6.54 Å². The maximum absolute atomic E-state index is 12.1. The number of hydrogen-bond acceptors (Lipinski definition) is 4. The number of rotatable bonds is 7. The first-order valence-electron chi connectivity index (χ1n) is 6.02. The molecule has 1 aromatic carbocycles. The third-order valence-corrected chi connectivity index (χ3v) is 2.77. The molecular formula is C13H17N3O4. The molecule has 1 aromatic rings. The molecule has 6 N–H and O–H groups in total. The summed E-state index contributed by atoms with van der Waals surface area (Å²) in [4.78, 5) is 33.8. The monoisotopic (exact) mass is 279 g/mol. The van der Waals surface area contributed by atoms with Crippen LogP contribution in [0.2, 0.25) is 0 Å². The van der Waals surface area contributed by atoms with Gasteiger partial charge in [-0.25, -0.2) is 4.79 Å². The van der Waals surface area contributed by atoms with Gasteiger partial charge < -0.3 is 21.9 Å². The topological polar surface area (TPSA) is 136 Å². The quantitative estimate of drug-likeness (QED) is 0.516. The van der Waals surface area contributed by atoms with Crippen LogP contribution in [0.3, 0.4) is 0 Å². The van der Waals surface area contributed by atoms with Crippen molar-refractivity contribution in [2.45, 2.75) is 18.4 Å². The lowest BCUT2D eigenvalue weighted by molar-refractivity contribution is -0.143. The van der Waals surface area contributed by atoms with Crippen LogP contribution in [0.4, 0.5) is 0 Å². The van der Waals surface area contributed by atoms with Gasteiger partial charge in [-0.2, -0.15) is 0 Å². The SMILES string of the molecule is NCC(C(=O)NC(CC(N)=O)C(=O)O)c1ccccc1. The fourth-order valence-electron chi connectivity index (χ4n) is 1.75. The highest BCUT2D eigenvalue weighted by Crippen LogP contribution is 2.14. The number of amides is 2. The highest BCUT2D eigenvalue weighted by molar-refractivity contribution is 5.90. The predicted molar refractivity (Wildman–Crippen MR) is 71.6 cm³/mol. The molecule has 0 heterocycles. The van der Waals surface area contributed by atoms with Crippen molar-refractivity contribution in [3.05, 3.63) is 35.9 Å². The van der Waals surface area contributed by atoms with E-state index < -0.39 is 36.2 Å². The lowest BCUT2D eigenvalue weighted by Gasteiger charge is -2.18. The largest absolute Gasteiger partial charge is 0.480 e. The van der Waals surface area contributed by atoms with Crippen LogP contribution in [0.25, 0.3) is 0 Å². The molecule has 0 spiro atoms. The molecule has 0 saturated carbocycles. The summed E-state index contributed by atoms with van der Waals surface area (Å²) >= 11 is 0. The average Bonchev–Trinajstić information content (AvgIpc) is 2.39. The molecule has 2 amide bonds. The van der Waals surface area contributed by atoms with E-state index in [0.29, 0.717) is 5.56 Å². The first kappa shape index (κ1) is 15.6. The summed E-state index contributed by atoms with van der Waals surface area (Å²) < 4.78 is 0. The van der Waals surface area contributed by atoms with E-state index >= 15 is 0 Å². The summed E-state index contributed by atoms with van der Waals surface area (Å²) in [6.45, 7) is 0.0265. The van der Waals surface area contributed by atoms with E-state index in [9.17, 15) is 14.4 Å². The molecule has 7 heteroatoms. The molecule has 0 bridgehead atoms. The Morgan fingerprint density at radius 3 is 2.25 bits per heavy atom. The van der Waals surface area contributed by atoms with Gasteiger partial charge in [0.05, 0.1) is 12.3 Å². The Balaban J connectivity index is 2.81. The van der Waals surface area contributed by atoms with Crippen LogP contribution in [0.1, 0.15) is 17.9 Å². The molecule has 0 fully saturated rings. The minimum Gasteiger partial charge on any atom is -0.480 e. The van der Waals surface area contributed by atoms with Gasteiger partial charge in [-0.05, 0) is 5.56 Å². The van der Waals surface area contributed by atoms with E-state index in [1.807, 2.05) is 0 Å². The van der Waals surface area contributed by atoms with E-state index in [1.165, 1.54) is 0 Å². The number of benzene rings is 1. The van der Waals surface area contributed by atoms with Crippen molar-refractivity contribution in [1.82, 2.24) is 5.32 Å². The maximum Gasteiger partial charge on any atom is 0.326 e. The number of aliphatic carboxylic acids is 1. The first-order valence-corrected chi connectivity index (χ1v) is 6.02. The fourth-order valence-corrected chi connectivity index (χ4v) is 1.75. The predicted octanol–water partition coefficient (Wildman–Crippen LogP) is -0.826. The molecule has 0 aliphatic rings. The van der Waals surface area contributed by atoms with Gasteiger partial charge in [-0.15, -0.1) is 0 Å². The standard InChI is InChI=1S/C13H17N3O4/c14-7-9(8-4-2-1-3-5-8)12(18)16-10(13(19)20)6-11(15)17/h1-5,9-10H,6-7,14H2,(H2,15,17)(H,16,18)(H,19,20). The van der Waals surface area contributed by atoms with E-state index in [1.54, 1.807) is 30.3 Å². The van der Waals surface area contributed by atoms with E-state index in [0.717, 1.165) is 0 Å². The smallest absolute Gasteiger partial charge is 0.326 e. The molecule has 1 rings (SSSR count). The summed E-state index contributed by atoms with van der Waals surface area (Å²) in [5, 5.41) is 11.2. The lowest BCUT2D eigenvalue weighted by Crippen LogP contribution is -2.46. The Morgan fingerprint density at radius 2 is 1.80 bits per heavy atom. The van der Waals surface area contributed by atoms with E-state index in [4.69, 9.17) is 16.6 Å². The Morgan fingerprint density at radius 1 is 1.20 bits per heavy atom. The van der Waals surface area contributed by atoms with Gasteiger partial charge in [0.25, 0.3) is 0 Å². The second-order valence-corrected chi connectivity index (χ2v) is 4.27. The number of carbonyl (C=O) groups is 3. The Kier molecular flexibility index (Phi) is 5.67. The summed E-state index contributed by atoms with van der Waals surface area (Å²) in [6.07, 6.45) is -0.465. The minimum atomic E-state index is -1.35. The average molecular weight is 279 g/mol. The van der Waals surface area contributed by atoms with Crippen LogP contribution in [0.15, 0.2) is 30.3 Å². The number of carboxylic acid groups (broad SMARTS) is 1. The third kappa shape index (κ3) is 4.36. The van der Waals surface area contributed by atoms with Gasteiger partial charge in [-0.3, -0.25) is 9.59 Å². The highest BCUT2D eigenvalue weighted by Gasteiger charge is 2.26. The van der Waals surface area contributed by atoms with Crippen molar-refractivity contribution in [1.29, 1.82) is 0 Å². The van der Waals surface area contributed by atoms with E-state index in [2.05, 4.69) is 5.32 Å². The first-order chi connectivity index (χ1) is 9.45. The van der Waals surface area contributed by atoms with Crippen LogP contribution < -0.4 is 16.8 Å². The normalized spacial score (nSPS) is 13.2. The number of carbonyl (C=O) groups excluding carboxylic acids is 2.